The highest BCUT2D eigenvalue weighted by molar-refractivity contribution is 5.05. The summed E-state index contributed by atoms with van der Waals surface area (Å²) in [4.78, 5) is 0. The SMILES string of the molecule is C=C(C)C(CC(C)(CCC)CCC)C(C)(C)C(C)C. The molecule has 0 aromatic rings. The Balaban J connectivity index is 5.16. The summed E-state index contributed by atoms with van der Waals surface area (Å²) in [5.74, 6) is 1.33. The van der Waals surface area contributed by atoms with Crippen molar-refractivity contribution in [1.82, 2.24) is 0 Å². The second-order valence-corrected chi connectivity index (χ2v) is 7.89. The minimum atomic E-state index is 0.342. The second-order valence-electron chi connectivity index (χ2n) is 7.89. The molecule has 1 unspecified atom stereocenters. The van der Waals surface area contributed by atoms with Crippen LogP contribution in [-0.4, -0.2) is 0 Å². The Morgan fingerprint density at radius 2 is 1.42 bits per heavy atom. The molecular weight excluding hydrogens is 228 g/mol. The van der Waals surface area contributed by atoms with Crippen molar-refractivity contribution < 1.29 is 0 Å². The Kier molecular flexibility index (Phi) is 7.40. The van der Waals surface area contributed by atoms with Crippen molar-refractivity contribution in [2.75, 3.05) is 0 Å². The molecule has 0 aliphatic heterocycles. The molecule has 0 aromatic carbocycles. The normalized spacial score (nSPS) is 14.8. The molecule has 0 bridgehead atoms. The molecule has 0 rings (SSSR count). The molecule has 114 valence electrons. The van der Waals surface area contributed by atoms with Crippen LogP contribution in [0.5, 0.6) is 0 Å². The Bertz CT molecular complexity index is 264. The third-order valence-corrected chi connectivity index (χ3v) is 5.39. The zero-order chi connectivity index (χ0) is 15.3. The number of rotatable bonds is 9. The molecule has 0 aliphatic rings. The van der Waals surface area contributed by atoms with Gasteiger partial charge in [-0.3, -0.25) is 0 Å². The van der Waals surface area contributed by atoms with Crippen molar-refractivity contribution in [1.29, 1.82) is 0 Å². The maximum absolute atomic E-state index is 4.31. The van der Waals surface area contributed by atoms with Gasteiger partial charge in [0.2, 0.25) is 0 Å². The van der Waals surface area contributed by atoms with E-state index in [0.29, 0.717) is 22.7 Å². The van der Waals surface area contributed by atoms with Gasteiger partial charge in [-0.1, -0.05) is 73.5 Å². The van der Waals surface area contributed by atoms with Gasteiger partial charge in [0.25, 0.3) is 0 Å². The van der Waals surface area contributed by atoms with Crippen LogP contribution in [0.25, 0.3) is 0 Å². The summed E-state index contributed by atoms with van der Waals surface area (Å²) < 4.78 is 0. The highest BCUT2D eigenvalue weighted by Crippen LogP contribution is 2.47. The standard InChI is InChI=1S/C19H38/c1-10-12-19(9,13-11-2)14-17(15(3)4)18(7,8)16(5)6/h16-17H,3,10-14H2,1-2,4-9H3. The first-order valence-electron chi connectivity index (χ1n) is 8.26. The molecule has 1 atom stereocenters. The smallest absolute Gasteiger partial charge is 0.0150 e. The fraction of sp³-hybridized carbons (Fsp3) is 0.895. The maximum Gasteiger partial charge on any atom is -0.0150 e. The van der Waals surface area contributed by atoms with Crippen LogP contribution in [0.2, 0.25) is 0 Å². The van der Waals surface area contributed by atoms with Crippen molar-refractivity contribution in [2.24, 2.45) is 22.7 Å². The first-order valence-corrected chi connectivity index (χ1v) is 8.26. The van der Waals surface area contributed by atoms with Gasteiger partial charge in [0.1, 0.15) is 0 Å². The lowest BCUT2D eigenvalue weighted by Crippen LogP contribution is -2.34. The lowest BCUT2D eigenvalue weighted by atomic mass is 9.61. The Morgan fingerprint density at radius 1 is 1.00 bits per heavy atom. The van der Waals surface area contributed by atoms with Gasteiger partial charge < -0.3 is 0 Å². The van der Waals surface area contributed by atoms with Crippen molar-refractivity contribution >= 4 is 0 Å². The van der Waals surface area contributed by atoms with Crippen LogP contribution in [0.15, 0.2) is 12.2 Å². The molecular formula is C19H38. The summed E-state index contributed by atoms with van der Waals surface area (Å²) in [5, 5.41) is 0. The monoisotopic (exact) mass is 266 g/mol. The summed E-state index contributed by atoms with van der Waals surface area (Å²) in [6.07, 6.45) is 6.58. The molecule has 0 radical (unpaired) electrons. The molecule has 0 fully saturated rings. The molecule has 0 spiro atoms. The number of hydrogen-bond acceptors (Lipinski definition) is 0. The lowest BCUT2D eigenvalue weighted by Gasteiger charge is -2.44. The van der Waals surface area contributed by atoms with Crippen LogP contribution in [0.1, 0.15) is 87.5 Å². The van der Waals surface area contributed by atoms with Crippen molar-refractivity contribution in [2.45, 2.75) is 87.5 Å². The fourth-order valence-corrected chi connectivity index (χ4v) is 3.50. The van der Waals surface area contributed by atoms with E-state index >= 15 is 0 Å². The van der Waals surface area contributed by atoms with E-state index in [1.807, 2.05) is 0 Å². The second kappa shape index (κ2) is 7.50. The summed E-state index contributed by atoms with van der Waals surface area (Å²) in [5.41, 5.74) is 2.20. The van der Waals surface area contributed by atoms with Gasteiger partial charge in [-0.2, -0.15) is 0 Å². The Hall–Kier alpha value is -0.260. The van der Waals surface area contributed by atoms with Gasteiger partial charge in [0.15, 0.2) is 0 Å². The first-order chi connectivity index (χ1) is 8.60. The third-order valence-electron chi connectivity index (χ3n) is 5.39. The van der Waals surface area contributed by atoms with E-state index in [4.69, 9.17) is 0 Å². The van der Waals surface area contributed by atoms with Gasteiger partial charge >= 0.3 is 0 Å². The van der Waals surface area contributed by atoms with Crippen LogP contribution in [0.3, 0.4) is 0 Å². The van der Waals surface area contributed by atoms with E-state index in [0.717, 1.165) is 0 Å². The fourth-order valence-electron chi connectivity index (χ4n) is 3.50. The third kappa shape index (κ3) is 5.32. The van der Waals surface area contributed by atoms with Gasteiger partial charge in [-0.15, -0.1) is 0 Å². The molecule has 0 heteroatoms. The van der Waals surface area contributed by atoms with Crippen LogP contribution in [-0.2, 0) is 0 Å². The molecule has 0 saturated heterocycles. The van der Waals surface area contributed by atoms with Crippen LogP contribution < -0.4 is 0 Å². The van der Waals surface area contributed by atoms with Crippen molar-refractivity contribution in [3.63, 3.8) is 0 Å². The van der Waals surface area contributed by atoms with Crippen LogP contribution >= 0.6 is 0 Å². The average molecular weight is 267 g/mol. The topological polar surface area (TPSA) is 0 Å². The molecule has 0 nitrogen and oxygen atoms in total. The first kappa shape index (κ1) is 18.7. The quantitative estimate of drug-likeness (QED) is 0.400. The van der Waals surface area contributed by atoms with Gasteiger partial charge in [0.05, 0.1) is 0 Å². The van der Waals surface area contributed by atoms with Crippen LogP contribution in [0, 0.1) is 22.7 Å². The minimum Gasteiger partial charge on any atom is -0.0998 e. The van der Waals surface area contributed by atoms with E-state index in [2.05, 4.69) is 62.0 Å². The van der Waals surface area contributed by atoms with E-state index in [1.165, 1.54) is 37.7 Å². The van der Waals surface area contributed by atoms with E-state index < -0.39 is 0 Å². The molecule has 0 aliphatic carbocycles. The van der Waals surface area contributed by atoms with Crippen molar-refractivity contribution in [3.8, 4) is 0 Å². The predicted octanol–water partition coefficient (Wildman–Crippen LogP) is 6.86. The average Bonchev–Trinajstić information content (AvgIpc) is 2.26. The molecule has 0 N–H and O–H groups in total. The summed E-state index contributed by atoms with van der Waals surface area (Å²) in [6, 6.07) is 0. The largest absolute Gasteiger partial charge is 0.0998 e. The van der Waals surface area contributed by atoms with E-state index in [1.54, 1.807) is 0 Å². The van der Waals surface area contributed by atoms with Crippen LogP contribution in [0.4, 0.5) is 0 Å². The molecule has 0 saturated carbocycles. The summed E-state index contributed by atoms with van der Waals surface area (Å²) >= 11 is 0. The highest BCUT2D eigenvalue weighted by Gasteiger charge is 2.37. The van der Waals surface area contributed by atoms with Gasteiger partial charge in [0, 0.05) is 0 Å². The number of hydrogen-bond donors (Lipinski definition) is 0. The van der Waals surface area contributed by atoms with E-state index in [-0.39, 0.29) is 0 Å². The zero-order valence-corrected chi connectivity index (χ0v) is 14.9. The molecule has 0 aromatic heterocycles. The maximum atomic E-state index is 4.31. The van der Waals surface area contributed by atoms with Crippen molar-refractivity contribution in [3.05, 3.63) is 12.2 Å². The molecule has 19 heavy (non-hydrogen) atoms. The minimum absolute atomic E-state index is 0.342. The Morgan fingerprint density at radius 3 is 1.68 bits per heavy atom. The van der Waals surface area contributed by atoms with E-state index in [9.17, 15) is 0 Å². The molecule has 0 amide bonds. The lowest BCUT2D eigenvalue weighted by molar-refractivity contribution is 0.0983. The van der Waals surface area contributed by atoms with Gasteiger partial charge in [-0.05, 0) is 48.9 Å². The summed E-state index contributed by atoms with van der Waals surface area (Å²) in [7, 11) is 0. The Labute approximate surface area is 123 Å². The number of allylic oxidation sites excluding steroid dienone is 1. The highest BCUT2D eigenvalue weighted by atomic mass is 14.4. The predicted molar refractivity (Wildman–Crippen MR) is 89.5 cm³/mol. The zero-order valence-electron chi connectivity index (χ0n) is 14.9. The molecule has 0 heterocycles. The summed E-state index contributed by atoms with van der Waals surface area (Å²) in [6.45, 7) is 23.2. The van der Waals surface area contributed by atoms with Gasteiger partial charge in [-0.25, -0.2) is 0 Å².